The summed E-state index contributed by atoms with van der Waals surface area (Å²) in [5.41, 5.74) is 2.73. The monoisotopic (exact) mass is 435 g/mol. The number of likely N-dealkylation sites (tertiary alicyclic amines) is 1. The fourth-order valence-electron chi connectivity index (χ4n) is 4.27. The highest BCUT2D eigenvalue weighted by molar-refractivity contribution is 7.98. The second-order valence-electron chi connectivity index (χ2n) is 8.25. The van der Waals surface area contributed by atoms with Crippen LogP contribution in [0.2, 0.25) is 0 Å². The molecule has 5 nitrogen and oxygen atoms in total. The number of thioether (sulfide) groups is 1. The molecule has 2 heterocycles. The van der Waals surface area contributed by atoms with Crippen molar-refractivity contribution in [1.82, 2.24) is 15.2 Å². The normalized spacial score (nSPS) is 15.7. The summed E-state index contributed by atoms with van der Waals surface area (Å²) in [6, 6.07) is 18.1. The summed E-state index contributed by atoms with van der Waals surface area (Å²) < 4.78 is 0. The zero-order valence-electron chi connectivity index (χ0n) is 18.1. The molecule has 1 atom stereocenters. The Labute approximate surface area is 187 Å². The van der Waals surface area contributed by atoms with Crippen molar-refractivity contribution in [2.24, 2.45) is 11.8 Å². The van der Waals surface area contributed by atoms with Gasteiger partial charge in [0.05, 0.1) is 0 Å². The van der Waals surface area contributed by atoms with E-state index in [1.165, 1.54) is 4.90 Å². The van der Waals surface area contributed by atoms with Crippen LogP contribution >= 0.6 is 11.8 Å². The van der Waals surface area contributed by atoms with Crippen LogP contribution in [0.25, 0.3) is 10.9 Å². The van der Waals surface area contributed by atoms with E-state index in [1.54, 1.807) is 11.8 Å². The van der Waals surface area contributed by atoms with Gasteiger partial charge in [0.2, 0.25) is 5.91 Å². The first-order valence-corrected chi connectivity index (χ1v) is 12.1. The molecule has 0 radical (unpaired) electrons. The van der Waals surface area contributed by atoms with Gasteiger partial charge in [0.15, 0.2) is 0 Å². The van der Waals surface area contributed by atoms with Gasteiger partial charge >= 0.3 is 0 Å². The molecule has 0 saturated carbocycles. The molecule has 3 aromatic rings. The molecule has 0 unspecified atom stereocenters. The van der Waals surface area contributed by atoms with Gasteiger partial charge in [-0.05, 0) is 54.8 Å². The van der Waals surface area contributed by atoms with Crippen LogP contribution in [0.15, 0.2) is 59.5 Å². The fraction of sp³-hybridized carbons (Fsp3) is 0.360. The Morgan fingerprint density at radius 3 is 2.52 bits per heavy atom. The average molecular weight is 436 g/mol. The fourth-order valence-corrected chi connectivity index (χ4v) is 4.68. The number of aromatic amines is 1. The molecular weight excluding hydrogens is 406 g/mol. The molecule has 0 spiro atoms. The molecule has 2 aromatic carbocycles. The number of amides is 2. The first kappa shape index (κ1) is 21.5. The number of hydrogen-bond donors (Lipinski definition) is 2. The van der Waals surface area contributed by atoms with Crippen LogP contribution in [0.4, 0.5) is 0 Å². The van der Waals surface area contributed by atoms with Crippen LogP contribution in [-0.2, 0) is 11.3 Å². The summed E-state index contributed by atoms with van der Waals surface area (Å²) in [7, 11) is 0. The van der Waals surface area contributed by atoms with Gasteiger partial charge in [-0.1, -0.05) is 37.3 Å². The number of aromatic nitrogens is 1. The predicted molar refractivity (Wildman–Crippen MR) is 126 cm³/mol. The molecule has 0 bridgehead atoms. The topological polar surface area (TPSA) is 65.2 Å². The largest absolute Gasteiger partial charge is 0.352 e. The number of carbonyl (C=O) groups is 2. The summed E-state index contributed by atoms with van der Waals surface area (Å²) in [6.07, 6.45) is 3.75. The number of para-hydroxylation sites is 1. The highest BCUT2D eigenvalue weighted by Crippen LogP contribution is 2.27. The number of piperidine rings is 1. The second kappa shape index (κ2) is 9.60. The Kier molecular flexibility index (Phi) is 6.66. The highest BCUT2D eigenvalue weighted by Gasteiger charge is 2.30. The molecule has 6 heteroatoms. The average Bonchev–Trinajstić information content (AvgIpc) is 3.26. The van der Waals surface area contributed by atoms with E-state index in [9.17, 15) is 9.59 Å². The lowest BCUT2D eigenvalue weighted by molar-refractivity contribution is -0.126. The third-order valence-electron chi connectivity index (χ3n) is 6.33. The van der Waals surface area contributed by atoms with E-state index in [1.807, 2.05) is 42.2 Å². The number of H-pyrrole nitrogens is 1. The van der Waals surface area contributed by atoms with Gasteiger partial charge in [0.1, 0.15) is 5.69 Å². The number of carbonyl (C=O) groups excluding carboxylic acids is 2. The number of rotatable bonds is 6. The Hall–Kier alpha value is -2.73. The van der Waals surface area contributed by atoms with E-state index in [0.29, 0.717) is 31.2 Å². The zero-order valence-corrected chi connectivity index (χ0v) is 18.9. The molecule has 2 amide bonds. The second-order valence-corrected chi connectivity index (χ2v) is 9.13. The quantitative estimate of drug-likeness (QED) is 0.552. The van der Waals surface area contributed by atoms with Crippen LogP contribution in [-0.4, -0.2) is 41.0 Å². The van der Waals surface area contributed by atoms with E-state index in [2.05, 4.69) is 40.8 Å². The van der Waals surface area contributed by atoms with Gasteiger partial charge in [0.25, 0.3) is 5.91 Å². The summed E-state index contributed by atoms with van der Waals surface area (Å²) >= 11 is 1.71. The minimum absolute atomic E-state index is 0.0421. The molecule has 4 rings (SSSR count). The SMILES string of the molecule is CSc1ccc(CNC(=O)[C@@H](C)C2CCN(C(=O)c3cc4ccccc4[nH]3)CC2)cc1. The molecule has 1 aromatic heterocycles. The minimum atomic E-state index is -0.0594. The van der Waals surface area contributed by atoms with Crippen LogP contribution in [0.5, 0.6) is 0 Å². The van der Waals surface area contributed by atoms with E-state index in [4.69, 9.17) is 0 Å². The Morgan fingerprint density at radius 1 is 1.13 bits per heavy atom. The van der Waals surface area contributed by atoms with Gasteiger partial charge in [0, 0.05) is 41.4 Å². The number of benzene rings is 2. The summed E-state index contributed by atoms with van der Waals surface area (Å²) in [4.78, 5) is 31.9. The van der Waals surface area contributed by atoms with E-state index in [-0.39, 0.29) is 17.7 Å². The van der Waals surface area contributed by atoms with Crippen LogP contribution in [0, 0.1) is 11.8 Å². The highest BCUT2D eigenvalue weighted by atomic mass is 32.2. The van der Waals surface area contributed by atoms with E-state index < -0.39 is 0 Å². The molecular formula is C25H29N3O2S. The number of nitrogens with one attached hydrogen (secondary N) is 2. The maximum atomic E-state index is 12.9. The molecule has 2 N–H and O–H groups in total. The smallest absolute Gasteiger partial charge is 0.270 e. The molecule has 162 valence electrons. The van der Waals surface area contributed by atoms with Crippen molar-refractivity contribution in [3.8, 4) is 0 Å². The Bertz CT molecular complexity index is 1020. The summed E-state index contributed by atoms with van der Waals surface area (Å²) in [5.74, 6) is 0.371. The van der Waals surface area contributed by atoms with Gasteiger partial charge in [-0.25, -0.2) is 0 Å². The number of hydrogen-bond acceptors (Lipinski definition) is 3. The molecule has 31 heavy (non-hydrogen) atoms. The first-order chi connectivity index (χ1) is 15.0. The van der Waals surface area contributed by atoms with Crippen molar-refractivity contribution in [1.29, 1.82) is 0 Å². The molecule has 1 saturated heterocycles. The lowest BCUT2D eigenvalue weighted by Crippen LogP contribution is -2.42. The van der Waals surface area contributed by atoms with Gasteiger partial charge in [-0.2, -0.15) is 0 Å². The van der Waals surface area contributed by atoms with Gasteiger partial charge in [-0.15, -0.1) is 11.8 Å². The Morgan fingerprint density at radius 2 is 1.84 bits per heavy atom. The molecule has 1 fully saturated rings. The van der Waals surface area contributed by atoms with Crippen molar-refractivity contribution in [2.45, 2.75) is 31.2 Å². The first-order valence-electron chi connectivity index (χ1n) is 10.8. The van der Waals surface area contributed by atoms with Crippen molar-refractivity contribution < 1.29 is 9.59 Å². The van der Waals surface area contributed by atoms with Crippen molar-refractivity contribution in [3.63, 3.8) is 0 Å². The number of nitrogens with zero attached hydrogens (tertiary/aromatic N) is 1. The van der Waals surface area contributed by atoms with Gasteiger partial charge < -0.3 is 15.2 Å². The maximum absolute atomic E-state index is 12.9. The Balaban J connectivity index is 1.28. The lowest BCUT2D eigenvalue weighted by Gasteiger charge is -2.34. The third kappa shape index (κ3) is 4.96. The van der Waals surface area contributed by atoms with Crippen LogP contribution in [0.1, 0.15) is 35.8 Å². The van der Waals surface area contributed by atoms with Gasteiger partial charge in [-0.3, -0.25) is 9.59 Å². The lowest BCUT2D eigenvalue weighted by atomic mass is 9.84. The minimum Gasteiger partial charge on any atom is -0.352 e. The predicted octanol–water partition coefficient (Wildman–Crippen LogP) is 4.69. The zero-order chi connectivity index (χ0) is 21.8. The molecule has 1 aliphatic heterocycles. The standard InChI is InChI=1S/C25H29N3O2S/c1-17(24(29)26-16-18-7-9-21(31-2)10-8-18)19-11-13-28(14-12-19)25(30)23-15-20-5-3-4-6-22(20)27-23/h3-10,15,17,19,27H,11-14,16H2,1-2H3,(H,26,29)/t17-/m0/s1. The van der Waals surface area contributed by atoms with E-state index >= 15 is 0 Å². The molecule has 0 aliphatic carbocycles. The third-order valence-corrected chi connectivity index (χ3v) is 7.08. The molecule has 1 aliphatic rings. The maximum Gasteiger partial charge on any atom is 0.270 e. The van der Waals surface area contributed by atoms with Crippen molar-refractivity contribution >= 4 is 34.5 Å². The van der Waals surface area contributed by atoms with Crippen molar-refractivity contribution in [2.75, 3.05) is 19.3 Å². The summed E-state index contributed by atoms with van der Waals surface area (Å²) in [5, 5.41) is 4.13. The van der Waals surface area contributed by atoms with E-state index in [0.717, 1.165) is 29.3 Å². The summed E-state index contributed by atoms with van der Waals surface area (Å²) in [6.45, 7) is 3.93. The number of fused-ring (bicyclic) bond motifs is 1. The van der Waals surface area contributed by atoms with Crippen LogP contribution < -0.4 is 5.32 Å². The van der Waals surface area contributed by atoms with Crippen molar-refractivity contribution in [3.05, 3.63) is 65.9 Å². The van der Waals surface area contributed by atoms with Crippen LogP contribution in [0.3, 0.4) is 0 Å².